The molecule has 0 aliphatic heterocycles. The lowest BCUT2D eigenvalue weighted by molar-refractivity contribution is -0.145. The number of benzene rings is 2. The molecule has 3 aromatic heterocycles. The summed E-state index contributed by atoms with van der Waals surface area (Å²) in [4.78, 5) is 12.4. The second kappa shape index (κ2) is 9.20. The fraction of sp³-hybridized carbons (Fsp3) is 0.300. The summed E-state index contributed by atoms with van der Waals surface area (Å²) < 4.78 is 23.3. The standard InChI is InChI=1S/C30H32FN5O3/c1-17(2)30(6,28(37)38)35-15-23(18(3)34-35)26-22-13-24-19(14-32-33-24)12-25(22)36(21-10-8-20(31)9-11-21)27(26)29(4,5)16-39-7/h8-15H,1,16H2,2-7H3,(H,32,33)(H,37,38). The number of fused-ring (bicyclic) bond motifs is 2. The second-order valence-corrected chi connectivity index (χ2v) is 10.9. The molecule has 0 spiro atoms. The quantitative estimate of drug-likeness (QED) is 0.236. The molecular weight excluding hydrogens is 497 g/mol. The normalized spacial score (nSPS) is 13.7. The first-order chi connectivity index (χ1) is 18.4. The van der Waals surface area contributed by atoms with E-state index in [1.807, 2.05) is 13.0 Å². The van der Waals surface area contributed by atoms with E-state index >= 15 is 0 Å². The smallest absolute Gasteiger partial charge is 0.335 e. The topological polar surface area (TPSA) is 98.0 Å². The molecule has 0 bridgehead atoms. The number of halogens is 1. The number of methoxy groups -OCH3 is 1. The third-order valence-corrected chi connectivity index (χ3v) is 7.63. The number of aliphatic carboxylic acids is 1. The van der Waals surface area contributed by atoms with Gasteiger partial charge in [0.25, 0.3) is 0 Å². The van der Waals surface area contributed by atoms with E-state index in [-0.39, 0.29) is 5.82 Å². The summed E-state index contributed by atoms with van der Waals surface area (Å²) in [5.41, 5.74) is 4.34. The fourth-order valence-corrected chi connectivity index (χ4v) is 5.34. The number of rotatable bonds is 8. The minimum atomic E-state index is -1.43. The number of aryl methyl sites for hydroxylation is 1. The molecule has 5 rings (SSSR count). The summed E-state index contributed by atoms with van der Waals surface area (Å²) in [5, 5.41) is 24.0. The van der Waals surface area contributed by atoms with E-state index in [4.69, 9.17) is 4.74 Å². The molecule has 2 N–H and O–H groups in total. The van der Waals surface area contributed by atoms with Gasteiger partial charge in [-0.1, -0.05) is 20.4 Å². The highest BCUT2D eigenvalue weighted by Gasteiger charge is 2.39. The van der Waals surface area contributed by atoms with Crippen LogP contribution in [0.4, 0.5) is 4.39 Å². The van der Waals surface area contributed by atoms with Gasteiger partial charge >= 0.3 is 5.97 Å². The van der Waals surface area contributed by atoms with Gasteiger partial charge in [0.1, 0.15) is 5.82 Å². The molecule has 0 saturated carbocycles. The summed E-state index contributed by atoms with van der Waals surface area (Å²) in [6.45, 7) is 13.7. The minimum Gasteiger partial charge on any atom is -0.479 e. The van der Waals surface area contributed by atoms with Crippen molar-refractivity contribution in [1.82, 2.24) is 24.5 Å². The van der Waals surface area contributed by atoms with E-state index in [1.54, 1.807) is 45.5 Å². The number of aromatic amines is 1. The Labute approximate surface area is 225 Å². The number of nitrogens with one attached hydrogen (secondary N) is 1. The van der Waals surface area contributed by atoms with Crippen LogP contribution in [0.1, 0.15) is 39.1 Å². The van der Waals surface area contributed by atoms with Crippen LogP contribution >= 0.6 is 0 Å². The Bertz CT molecular complexity index is 1730. The Morgan fingerprint density at radius 1 is 1.21 bits per heavy atom. The molecule has 0 aliphatic carbocycles. The minimum absolute atomic E-state index is 0.324. The fourth-order valence-electron chi connectivity index (χ4n) is 5.34. The highest BCUT2D eigenvalue weighted by atomic mass is 19.1. The molecule has 2 aromatic carbocycles. The summed E-state index contributed by atoms with van der Waals surface area (Å²) in [6, 6.07) is 10.5. The van der Waals surface area contributed by atoms with Crippen LogP contribution in [0, 0.1) is 12.7 Å². The first-order valence-corrected chi connectivity index (χ1v) is 12.6. The highest BCUT2D eigenvalue weighted by Crippen LogP contribution is 2.45. The zero-order valence-corrected chi connectivity index (χ0v) is 23.0. The maximum absolute atomic E-state index is 14.0. The van der Waals surface area contributed by atoms with Gasteiger partial charge in [-0.15, -0.1) is 0 Å². The van der Waals surface area contributed by atoms with E-state index in [9.17, 15) is 14.3 Å². The number of hydrogen-bond donors (Lipinski definition) is 2. The van der Waals surface area contributed by atoms with Gasteiger partial charge in [0.05, 0.1) is 29.5 Å². The number of carboxylic acid groups (broad SMARTS) is 1. The molecule has 0 amide bonds. The predicted octanol–water partition coefficient (Wildman–Crippen LogP) is 6.12. The lowest BCUT2D eigenvalue weighted by atomic mass is 9.85. The van der Waals surface area contributed by atoms with Gasteiger partial charge in [0, 0.05) is 52.0 Å². The van der Waals surface area contributed by atoms with E-state index < -0.39 is 16.9 Å². The number of nitrogens with zero attached hydrogens (tertiary/aromatic N) is 4. The van der Waals surface area contributed by atoms with Crippen LogP contribution in [0.25, 0.3) is 38.6 Å². The molecule has 0 aliphatic rings. The Hall–Kier alpha value is -4.24. The molecule has 8 nitrogen and oxygen atoms in total. The van der Waals surface area contributed by atoms with Crippen LogP contribution in [-0.4, -0.2) is 49.3 Å². The number of ether oxygens (including phenoxy) is 1. The van der Waals surface area contributed by atoms with Crippen molar-refractivity contribution in [2.45, 2.75) is 45.6 Å². The lowest BCUT2D eigenvalue weighted by Crippen LogP contribution is -2.40. The third kappa shape index (κ3) is 4.04. The van der Waals surface area contributed by atoms with Crippen molar-refractivity contribution in [3.63, 3.8) is 0 Å². The largest absolute Gasteiger partial charge is 0.479 e. The van der Waals surface area contributed by atoms with E-state index in [0.717, 1.165) is 44.3 Å². The van der Waals surface area contributed by atoms with Crippen molar-refractivity contribution >= 4 is 27.8 Å². The van der Waals surface area contributed by atoms with Crippen molar-refractivity contribution in [3.8, 4) is 16.8 Å². The summed E-state index contributed by atoms with van der Waals surface area (Å²) in [5.74, 6) is -1.37. The van der Waals surface area contributed by atoms with Crippen molar-refractivity contribution in [1.29, 1.82) is 0 Å². The van der Waals surface area contributed by atoms with Crippen molar-refractivity contribution in [2.75, 3.05) is 13.7 Å². The maximum atomic E-state index is 14.0. The van der Waals surface area contributed by atoms with Crippen LogP contribution in [-0.2, 0) is 20.5 Å². The molecule has 39 heavy (non-hydrogen) atoms. The summed E-state index contributed by atoms with van der Waals surface area (Å²) in [7, 11) is 1.66. The van der Waals surface area contributed by atoms with Gasteiger partial charge in [0.15, 0.2) is 5.54 Å². The van der Waals surface area contributed by atoms with Crippen molar-refractivity contribution < 1.29 is 19.0 Å². The van der Waals surface area contributed by atoms with E-state index in [1.165, 1.54) is 16.8 Å². The first kappa shape index (κ1) is 26.4. The highest BCUT2D eigenvalue weighted by molar-refractivity contribution is 6.06. The zero-order valence-electron chi connectivity index (χ0n) is 23.0. The first-order valence-electron chi connectivity index (χ1n) is 12.6. The molecule has 1 unspecified atom stereocenters. The number of aromatic nitrogens is 5. The lowest BCUT2D eigenvalue weighted by Gasteiger charge is -2.28. The summed E-state index contributed by atoms with van der Waals surface area (Å²) >= 11 is 0. The Kier molecular flexibility index (Phi) is 6.22. The Morgan fingerprint density at radius 2 is 1.90 bits per heavy atom. The van der Waals surface area contributed by atoms with E-state index in [2.05, 4.69) is 46.4 Å². The molecule has 9 heteroatoms. The zero-order chi connectivity index (χ0) is 28.3. The Morgan fingerprint density at radius 3 is 2.51 bits per heavy atom. The number of hydrogen-bond acceptors (Lipinski definition) is 4. The SMILES string of the molecule is C=C(C)C(C)(C(=O)O)n1cc(-c2c(C(C)(C)COC)n(-c3ccc(F)cc3)c3cc4cn[nH]c4cc23)c(C)n1. The average Bonchev–Trinajstić information content (AvgIpc) is 3.57. The number of H-pyrrole nitrogens is 1. The molecule has 202 valence electrons. The monoisotopic (exact) mass is 529 g/mol. The van der Waals surface area contributed by atoms with Crippen LogP contribution in [0.15, 0.2) is 60.9 Å². The second-order valence-electron chi connectivity index (χ2n) is 10.9. The van der Waals surface area contributed by atoms with Gasteiger partial charge in [-0.2, -0.15) is 10.2 Å². The van der Waals surface area contributed by atoms with Gasteiger partial charge in [-0.25, -0.2) is 9.18 Å². The van der Waals surface area contributed by atoms with Crippen LogP contribution < -0.4 is 0 Å². The average molecular weight is 530 g/mol. The number of carboxylic acids is 1. The maximum Gasteiger partial charge on any atom is 0.335 e. The molecule has 0 radical (unpaired) electrons. The number of carbonyl (C=O) groups is 1. The van der Waals surface area contributed by atoms with Crippen LogP contribution in [0.3, 0.4) is 0 Å². The summed E-state index contributed by atoms with van der Waals surface area (Å²) in [6.07, 6.45) is 3.55. The van der Waals surface area contributed by atoms with Crippen molar-refractivity contribution in [3.05, 3.63) is 78.1 Å². The Balaban J connectivity index is 1.95. The van der Waals surface area contributed by atoms with Gasteiger partial charge in [0.2, 0.25) is 0 Å². The molecular formula is C30H32FN5O3. The van der Waals surface area contributed by atoms with Crippen LogP contribution in [0.2, 0.25) is 0 Å². The van der Waals surface area contributed by atoms with Gasteiger partial charge < -0.3 is 14.4 Å². The molecule has 0 saturated heterocycles. The molecule has 3 heterocycles. The van der Waals surface area contributed by atoms with E-state index in [0.29, 0.717) is 17.9 Å². The molecule has 5 aromatic rings. The molecule has 1 atom stereocenters. The third-order valence-electron chi connectivity index (χ3n) is 7.63. The van der Waals surface area contributed by atoms with Crippen molar-refractivity contribution in [2.24, 2.45) is 0 Å². The predicted molar refractivity (Wildman–Crippen MR) is 150 cm³/mol. The molecule has 0 fully saturated rings. The van der Waals surface area contributed by atoms with Gasteiger partial charge in [-0.3, -0.25) is 9.78 Å². The van der Waals surface area contributed by atoms with Crippen LogP contribution in [0.5, 0.6) is 0 Å². The van der Waals surface area contributed by atoms with Gasteiger partial charge in [-0.05, 0) is 62.7 Å².